The molecule has 0 saturated carbocycles. The third-order valence-corrected chi connectivity index (χ3v) is 4.75. The van der Waals surface area contributed by atoms with Gasteiger partial charge in [-0.15, -0.1) is 12.4 Å². The van der Waals surface area contributed by atoms with Crippen molar-refractivity contribution in [1.82, 2.24) is 9.62 Å². The highest BCUT2D eigenvalue weighted by Gasteiger charge is 2.22. The molecule has 6 nitrogen and oxygen atoms in total. The first-order valence-corrected chi connectivity index (χ1v) is 8.41. The van der Waals surface area contributed by atoms with Crippen LogP contribution in [0.4, 0.5) is 0 Å². The van der Waals surface area contributed by atoms with E-state index in [1.807, 2.05) is 13.8 Å². The van der Waals surface area contributed by atoms with Crippen molar-refractivity contribution in [2.75, 3.05) is 40.4 Å². The van der Waals surface area contributed by atoms with Crippen molar-refractivity contribution < 1.29 is 17.9 Å². The van der Waals surface area contributed by atoms with E-state index in [2.05, 4.69) is 5.32 Å². The zero-order valence-electron chi connectivity index (χ0n) is 13.5. The summed E-state index contributed by atoms with van der Waals surface area (Å²) in [7, 11) is -0.185. The van der Waals surface area contributed by atoms with Crippen molar-refractivity contribution in [2.24, 2.45) is 0 Å². The van der Waals surface area contributed by atoms with Crippen LogP contribution in [-0.2, 0) is 10.0 Å². The summed E-state index contributed by atoms with van der Waals surface area (Å²) in [4.78, 5) is 0.202. The van der Waals surface area contributed by atoms with Gasteiger partial charge < -0.3 is 14.8 Å². The first-order chi connectivity index (χ1) is 9.97. The summed E-state index contributed by atoms with van der Waals surface area (Å²) in [6.45, 7) is 5.64. The maximum atomic E-state index is 12.5. The topological polar surface area (TPSA) is 67.9 Å². The van der Waals surface area contributed by atoms with Crippen LogP contribution in [0.1, 0.15) is 13.8 Å². The molecule has 0 aliphatic heterocycles. The van der Waals surface area contributed by atoms with Crippen LogP contribution in [0.15, 0.2) is 23.1 Å². The Hall–Kier alpha value is -1.02. The molecule has 0 bridgehead atoms. The predicted octanol–water partition coefficient (Wildman–Crippen LogP) is 1.75. The van der Waals surface area contributed by atoms with Gasteiger partial charge in [0.2, 0.25) is 10.0 Å². The molecular formula is C14H25ClN2O4S. The van der Waals surface area contributed by atoms with Crippen LogP contribution in [0, 0.1) is 0 Å². The largest absolute Gasteiger partial charge is 0.490 e. The normalized spacial score (nSPS) is 11.1. The number of benzene rings is 1. The lowest BCUT2D eigenvalue weighted by Crippen LogP contribution is -2.32. The molecule has 8 heteroatoms. The van der Waals surface area contributed by atoms with E-state index in [1.54, 1.807) is 26.2 Å². The molecular weight excluding hydrogens is 328 g/mol. The molecule has 0 amide bonds. The van der Waals surface area contributed by atoms with Gasteiger partial charge in [0.25, 0.3) is 0 Å². The van der Waals surface area contributed by atoms with Crippen LogP contribution in [0.5, 0.6) is 11.5 Å². The number of likely N-dealkylation sites (N-methyl/N-ethyl adjacent to an activating group) is 2. The van der Waals surface area contributed by atoms with E-state index < -0.39 is 10.0 Å². The van der Waals surface area contributed by atoms with Gasteiger partial charge in [0.15, 0.2) is 11.5 Å². The minimum atomic E-state index is -3.53. The number of sulfonamides is 1. The van der Waals surface area contributed by atoms with Gasteiger partial charge in [0, 0.05) is 26.2 Å². The molecule has 128 valence electrons. The standard InChI is InChI=1S/C14H24N2O4S.ClH/c1-5-19-13-8-7-12(11-14(13)20-6-2)21(17,18)16(4)10-9-15-3;/h7-8,11,15H,5-6,9-10H2,1-4H3;1H. The van der Waals surface area contributed by atoms with Crippen LogP contribution in [0.3, 0.4) is 0 Å². The number of nitrogens with one attached hydrogen (secondary N) is 1. The molecule has 0 aliphatic rings. The summed E-state index contributed by atoms with van der Waals surface area (Å²) in [5.41, 5.74) is 0. The van der Waals surface area contributed by atoms with Crippen LogP contribution in [0.25, 0.3) is 0 Å². The molecule has 0 radical (unpaired) electrons. The summed E-state index contributed by atoms with van der Waals surface area (Å²) in [6, 6.07) is 4.69. The molecule has 0 heterocycles. The van der Waals surface area contributed by atoms with Crippen molar-refractivity contribution in [2.45, 2.75) is 18.7 Å². The Kier molecular flexibility index (Phi) is 9.43. The van der Waals surface area contributed by atoms with E-state index in [0.29, 0.717) is 37.8 Å². The molecule has 0 fully saturated rings. The van der Waals surface area contributed by atoms with E-state index in [0.717, 1.165) is 0 Å². The Labute approximate surface area is 139 Å². The van der Waals surface area contributed by atoms with E-state index in [9.17, 15) is 8.42 Å². The smallest absolute Gasteiger partial charge is 0.242 e. The van der Waals surface area contributed by atoms with Crippen LogP contribution in [-0.4, -0.2) is 53.1 Å². The van der Waals surface area contributed by atoms with Gasteiger partial charge in [-0.2, -0.15) is 4.31 Å². The fourth-order valence-corrected chi connectivity index (χ4v) is 2.95. The summed E-state index contributed by atoms with van der Waals surface area (Å²) in [5, 5.41) is 2.93. The molecule has 0 aliphatic carbocycles. The highest BCUT2D eigenvalue weighted by atomic mass is 35.5. The molecule has 0 unspecified atom stereocenters. The third-order valence-electron chi connectivity index (χ3n) is 2.90. The maximum Gasteiger partial charge on any atom is 0.242 e. The maximum absolute atomic E-state index is 12.5. The first kappa shape index (κ1) is 21.0. The number of halogens is 1. The monoisotopic (exact) mass is 352 g/mol. The number of ether oxygens (including phenoxy) is 2. The fourth-order valence-electron chi connectivity index (χ4n) is 1.76. The van der Waals surface area contributed by atoms with Gasteiger partial charge >= 0.3 is 0 Å². The Morgan fingerprint density at radius 3 is 2.27 bits per heavy atom. The Morgan fingerprint density at radius 2 is 1.73 bits per heavy atom. The second kappa shape index (κ2) is 9.89. The zero-order chi connectivity index (χ0) is 15.9. The molecule has 0 spiro atoms. The summed E-state index contributed by atoms with van der Waals surface area (Å²) >= 11 is 0. The molecule has 1 N–H and O–H groups in total. The summed E-state index contributed by atoms with van der Waals surface area (Å²) in [6.07, 6.45) is 0. The SMILES string of the molecule is CCOc1ccc(S(=O)(=O)N(C)CCNC)cc1OCC.Cl. The first-order valence-electron chi connectivity index (χ1n) is 6.97. The van der Waals surface area contributed by atoms with Crippen molar-refractivity contribution in [3.8, 4) is 11.5 Å². The number of hydrogen-bond acceptors (Lipinski definition) is 5. The predicted molar refractivity (Wildman–Crippen MR) is 89.8 cm³/mol. The van der Waals surface area contributed by atoms with Crippen LogP contribution >= 0.6 is 12.4 Å². The number of rotatable bonds is 9. The van der Waals surface area contributed by atoms with Gasteiger partial charge in [-0.3, -0.25) is 0 Å². The Morgan fingerprint density at radius 1 is 1.14 bits per heavy atom. The second-order valence-corrected chi connectivity index (χ2v) is 6.45. The van der Waals surface area contributed by atoms with E-state index in [-0.39, 0.29) is 17.3 Å². The third kappa shape index (κ3) is 5.31. The van der Waals surface area contributed by atoms with E-state index >= 15 is 0 Å². The van der Waals surface area contributed by atoms with Crippen molar-refractivity contribution in [3.63, 3.8) is 0 Å². The van der Waals surface area contributed by atoms with Crippen molar-refractivity contribution in [3.05, 3.63) is 18.2 Å². The Balaban J connectivity index is 0.00000441. The van der Waals surface area contributed by atoms with Crippen LogP contribution in [0.2, 0.25) is 0 Å². The lowest BCUT2D eigenvalue weighted by atomic mass is 10.3. The average Bonchev–Trinajstić information content (AvgIpc) is 2.46. The highest BCUT2D eigenvalue weighted by molar-refractivity contribution is 7.89. The number of nitrogens with zero attached hydrogens (tertiary/aromatic N) is 1. The minimum absolute atomic E-state index is 0. The van der Waals surface area contributed by atoms with Gasteiger partial charge in [-0.05, 0) is 33.0 Å². The van der Waals surface area contributed by atoms with E-state index in [4.69, 9.17) is 9.47 Å². The molecule has 1 rings (SSSR count). The van der Waals surface area contributed by atoms with E-state index in [1.165, 1.54) is 10.4 Å². The van der Waals surface area contributed by atoms with Gasteiger partial charge in [-0.25, -0.2) is 8.42 Å². The average molecular weight is 353 g/mol. The van der Waals surface area contributed by atoms with Gasteiger partial charge in [-0.1, -0.05) is 0 Å². The summed E-state index contributed by atoms with van der Waals surface area (Å²) in [5.74, 6) is 0.999. The number of hydrogen-bond donors (Lipinski definition) is 1. The molecule has 0 saturated heterocycles. The molecule has 22 heavy (non-hydrogen) atoms. The van der Waals surface area contributed by atoms with Gasteiger partial charge in [0.05, 0.1) is 18.1 Å². The molecule has 1 aromatic carbocycles. The Bertz CT molecular complexity index is 552. The lowest BCUT2D eigenvalue weighted by molar-refractivity contribution is 0.287. The van der Waals surface area contributed by atoms with Crippen molar-refractivity contribution >= 4 is 22.4 Å². The fraction of sp³-hybridized carbons (Fsp3) is 0.571. The minimum Gasteiger partial charge on any atom is -0.490 e. The second-order valence-electron chi connectivity index (χ2n) is 4.40. The van der Waals surface area contributed by atoms with Crippen molar-refractivity contribution in [1.29, 1.82) is 0 Å². The molecule has 1 aromatic rings. The quantitative estimate of drug-likeness (QED) is 0.733. The van der Waals surface area contributed by atoms with Crippen LogP contribution < -0.4 is 14.8 Å². The summed E-state index contributed by atoms with van der Waals surface area (Å²) < 4.78 is 37.2. The van der Waals surface area contributed by atoms with Gasteiger partial charge in [0.1, 0.15) is 0 Å². The zero-order valence-corrected chi connectivity index (χ0v) is 15.1. The molecule has 0 atom stereocenters. The lowest BCUT2D eigenvalue weighted by Gasteiger charge is -2.18. The highest BCUT2D eigenvalue weighted by Crippen LogP contribution is 2.31. The molecule has 0 aromatic heterocycles.